The van der Waals surface area contributed by atoms with E-state index in [1.54, 1.807) is 25.4 Å². The quantitative estimate of drug-likeness (QED) is 0.722. The molecule has 0 saturated carbocycles. The first-order chi connectivity index (χ1) is 9.74. The van der Waals surface area contributed by atoms with Crippen LogP contribution >= 0.6 is 0 Å². The van der Waals surface area contributed by atoms with E-state index in [-0.39, 0.29) is 5.82 Å². The van der Waals surface area contributed by atoms with E-state index in [4.69, 9.17) is 4.74 Å². The van der Waals surface area contributed by atoms with Crippen molar-refractivity contribution < 1.29 is 9.13 Å². The Labute approximate surface area is 116 Å². The number of aryl methyl sites for hydroxylation is 1. The Balaban J connectivity index is 2.30. The van der Waals surface area contributed by atoms with Crippen molar-refractivity contribution in [3.05, 3.63) is 48.5 Å². The minimum absolute atomic E-state index is 0.239. The van der Waals surface area contributed by atoms with Crippen molar-refractivity contribution in [1.29, 1.82) is 0 Å². The summed E-state index contributed by atoms with van der Waals surface area (Å²) < 4.78 is 20.5. The number of aromatic nitrogens is 2. The number of benzene rings is 1. The number of hydrogen-bond acceptors (Lipinski definition) is 2. The molecule has 0 radical (unpaired) electrons. The number of halogens is 1. The minimum atomic E-state index is -0.239. The highest BCUT2D eigenvalue weighted by Gasteiger charge is 2.13. The average molecular weight is 270 g/mol. The van der Waals surface area contributed by atoms with Gasteiger partial charge in [0.2, 0.25) is 5.88 Å². The lowest BCUT2D eigenvalue weighted by molar-refractivity contribution is 0.403. The van der Waals surface area contributed by atoms with Gasteiger partial charge in [0.1, 0.15) is 5.82 Å². The molecule has 3 aromatic rings. The van der Waals surface area contributed by atoms with Crippen LogP contribution in [0.4, 0.5) is 4.39 Å². The number of methoxy groups -OCH3 is 1. The highest BCUT2D eigenvalue weighted by atomic mass is 19.1. The molecule has 102 valence electrons. The molecule has 0 spiro atoms. The van der Waals surface area contributed by atoms with Crippen molar-refractivity contribution in [3.63, 3.8) is 0 Å². The van der Waals surface area contributed by atoms with E-state index in [0.29, 0.717) is 5.88 Å². The van der Waals surface area contributed by atoms with Crippen molar-refractivity contribution in [2.24, 2.45) is 0 Å². The predicted octanol–water partition coefficient (Wildman–Crippen LogP) is 3.87. The van der Waals surface area contributed by atoms with Gasteiger partial charge in [-0.05, 0) is 30.7 Å². The lowest BCUT2D eigenvalue weighted by Gasteiger charge is -2.10. The molecule has 0 aliphatic carbocycles. The van der Waals surface area contributed by atoms with E-state index in [1.807, 2.05) is 12.3 Å². The zero-order chi connectivity index (χ0) is 14.1. The molecule has 1 aromatic carbocycles. The van der Waals surface area contributed by atoms with Crippen LogP contribution < -0.4 is 4.74 Å². The fraction of sp³-hybridized carbons (Fsp3) is 0.188. The molecule has 0 aliphatic heterocycles. The summed E-state index contributed by atoms with van der Waals surface area (Å²) in [4.78, 5) is 4.34. The highest BCUT2D eigenvalue weighted by molar-refractivity contribution is 5.97. The van der Waals surface area contributed by atoms with Crippen LogP contribution in [0, 0.1) is 5.82 Å². The van der Waals surface area contributed by atoms with Gasteiger partial charge in [0.05, 0.1) is 18.0 Å². The second-order valence-corrected chi connectivity index (χ2v) is 4.55. The van der Waals surface area contributed by atoms with Crippen LogP contribution in [-0.2, 0) is 6.54 Å². The van der Waals surface area contributed by atoms with Gasteiger partial charge in [-0.3, -0.25) is 0 Å². The zero-order valence-electron chi connectivity index (χ0n) is 11.4. The van der Waals surface area contributed by atoms with Gasteiger partial charge in [0.25, 0.3) is 0 Å². The third-order valence-corrected chi connectivity index (χ3v) is 3.45. The monoisotopic (exact) mass is 270 g/mol. The number of ether oxygens (including phenoxy) is 1. The van der Waals surface area contributed by atoms with E-state index in [9.17, 15) is 4.39 Å². The second kappa shape index (κ2) is 4.96. The van der Waals surface area contributed by atoms with Gasteiger partial charge in [-0.15, -0.1) is 0 Å². The van der Waals surface area contributed by atoms with Crippen LogP contribution in [0.2, 0.25) is 0 Å². The van der Waals surface area contributed by atoms with Gasteiger partial charge in [0, 0.05) is 24.5 Å². The first kappa shape index (κ1) is 12.7. The molecule has 3 nitrogen and oxygen atoms in total. The number of pyridine rings is 1. The molecule has 2 heterocycles. The lowest BCUT2D eigenvalue weighted by Crippen LogP contribution is -1.96. The van der Waals surface area contributed by atoms with E-state index < -0.39 is 0 Å². The molecule has 20 heavy (non-hydrogen) atoms. The molecule has 0 aliphatic rings. The summed E-state index contributed by atoms with van der Waals surface area (Å²) in [6, 6.07) is 8.46. The molecule has 0 amide bonds. The molecule has 2 aromatic heterocycles. The lowest BCUT2D eigenvalue weighted by atomic mass is 10.1. The van der Waals surface area contributed by atoms with E-state index in [2.05, 4.69) is 16.5 Å². The molecule has 4 heteroatoms. The standard InChI is InChI=1S/C16H15FN2O/c1-3-19-9-8-13-15(19)14(10-18-16(13)20-2)11-4-6-12(17)7-5-11/h4-10H,3H2,1-2H3. The SMILES string of the molecule is CCn1ccc2c(OC)ncc(-c3ccc(F)cc3)c21. The summed E-state index contributed by atoms with van der Waals surface area (Å²) in [5.74, 6) is 0.371. The number of nitrogens with zero attached hydrogens (tertiary/aromatic N) is 2. The van der Waals surface area contributed by atoms with Gasteiger partial charge in [0.15, 0.2) is 0 Å². The molecule has 3 rings (SSSR count). The van der Waals surface area contributed by atoms with E-state index in [0.717, 1.165) is 28.6 Å². The highest BCUT2D eigenvalue weighted by Crippen LogP contribution is 2.33. The molecule has 0 unspecified atom stereocenters. The van der Waals surface area contributed by atoms with Crippen molar-refractivity contribution in [1.82, 2.24) is 9.55 Å². The smallest absolute Gasteiger partial charge is 0.222 e. The van der Waals surface area contributed by atoms with Gasteiger partial charge in [-0.2, -0.15) is 0 Å². The fourth-order valence-electron chi connectivity index (χ4n) is 2.47. The third-order valence-electron chi connectivity index (χ3n) is 3.45. The number of rotatable bonds is 3. The maximum Gasteiger partial charge on any atom is 0.222 e. The Morgan fingerprint density at radius 3 is 2.60 bits per heavy atom. The summed E-state index contributed by atoms with van der Waals surface area (Å²) in [6.07, 6.45) is 3.79. The summed E-state index contributed by atoms with van der Waals surface area (Å²) in [7, 11) is 1.61. The van der Waals surface area contributed by atoms with Crippen molar-refractivity contribution in [3.8, 4) is 17.0 Å². The normalized spacial score (nSPS) is 10.9. The summed E-state index contributed by atoms with van der Waals surface area (Å²) in [5.41, 5.74) is 2.98. The van der Waals surface area contributed by atoms with Gasteiger partial charge in [-0.25, -0.2) is 9.37 Å². The number of hydrogen-bond donors (Lipinski definition) is 0. The maximum absolute atomic E-state index is 13.1. The van der Waals surface area contributed by atoms with Gasteiger partial charge >= 0.3 is 0 Å². The summed E-state index contributed by atoms with van der Waals surface area (Å²) in [5, 5.41) is 0.969. The van der Waals surface area contributed by atoms with Crippen LogP contribution in [0.5, 0.6) is 5.88 Å². The topological polar surface area (TPSA) is 27.1 Å². The predicted molar refractivity (Wildman–Crippen MR) is 77.4 cm³/mol. The molecule has 0 N–H and O–H groups in total. The van der Waals surface area contributed by atoms with Crippen molar-refractivity contribution >= 4 is 10.9 Å². The van der Waals surface area contributed by atoms with Gasteiger partial charge in [-0.1, -0.05) is 12.1 Å². The molecular weight excluding hydrogens is 255 g/mol. The third kappa shape index (κ3) is 1.93. The van der Waals surface area contributed by atoms with Crippen LogP contribution in [0.15, 0.2) is 42.7 Å². The van der Waals surface area contributed by atoms with Crippen LogP contribution in [-0.4, -0.2) is 16.7 Å². The summed E-state index contributed by atoms with van der Waals surface area (Å²) >= 11 is 0. The molecular formula is C16H15FN2O. The van der Waals surface area contributed by atoms with Crippen LogP contribution in [0.3, 0.4) is 0 Å². The van der Waals surface area contributed by atoms with Crippen LogP contribution in [0.1, 0.15) is 6.92 Å². The minimum Gasteiger partial charge on any atom is -0.481 e. The van der Waals surface area contributed by atoms with Crippen molar-refractivity contribution in [2.45, 2.75) is 13.5 Å². The zero-order valence-corrected chi connectivity index (χ0v) is 11.4. The molecule has 0 atom stereocenters. The largest absolute Gasteiger partial charge is 0.481 e. The second-order valence-electron chi connectivity index (χ2n) is 4.55. The fourth-order valence-corrected chi connectivity index (χ4v) is 2.47. The maximum atomic E-state index is 13.1. The Morgan fingerprint density at radius 2 is 1.95 bits per heavy atom. The number of fused-ring (bicyclic) bond motifs is 1. The molecule has 0 bridgehead atoms. The van der Waals surface area contributed by atoms with Crippen molar-refractivity contribution in [2.75, 3.05) is 7.11 Å². The Kier molecular flexibility index (Phi) is 3.14. The molecule has 0 fully saturated rings. The Bertz CT molecular complexity index is 747. The molecule has 0 saturated heterocycles. The van der Waals surface area contributed by atoms with E-state index in [1.165, 1.54) is 12.1 Å². The Hall–Kier alpha value is -2.36. The first-order valence-corrected chi connectivity index (χ1v) is 6.52. The average Bonchev–Trinajstić information content (AvgIpc) is 2.91. The first-order valence-electron chi connectivity index (χ1n) is 6.52. The van der Waals surface area contributed by atoms with E-state index >= 15 is 0 Å². The summed E-state index contributed by atoms with van der Waals surface area (Å²) in [6.45, 7) is 2.94. The van der Waals surface area contributed by atoms with Gasteiger partial charge < -0.3 is 9.30 Å². The Morgan fingerprint density at radius 1 is 1.20 bits per heavy atom. The van der Waals surface area contributed by atoms with Crippen LogP contribution in [0.25, 0.3) is 22.0 Å².